The van der Waals surface area contributed by atoms with Gasteiger partial charge in [-0.25, -0.2) is 4.99 Å². The lowest BCUT2D eigenvalue weighted by Crippen LogP contribution is -2.40. The first-order valence-corrected chi connectivity index (χ1v) is 5.69. The fourth-order valence-corrected chi connectivity index (χ4v) is 0.931. The minimum Gasteiger partial charge on any atom is -0.357 e. The topological polar surface area (TPSA) is 56.7 Å². The molecule has 0 aliphatic heterocycles. The zero-order valence-electron chi connectivity index (χ0n) is 11.4. The summed E-state index contributed by atoms with van der Waals surface area (Å²) in [6.07, 6.45) is 0. The molecule has 0 saturated carbocycles. The number of halogens is 1. The van der Waals surface area contributed by atoms with Crippen LogP contribution in [-0.4, -0.2) is 50.5 Å². The fraction of sp³-hybridized carbons (Fsp3) is 0.818. The van der Waals surface area contributed by atoms with Crippen molar-refractivity contribution in [3.63, 3.8) is 0 Å². The molecule has 0 radical (unpaired) electrons. The number of aliphatic imine (C=N–C) groups is 1. The average molecular weight is 356 g/mol. The van der Waals surface area contributed by atoms with E-state index in [0.717, 1.165) is 13.1 Å². The first-order valence-electron chi connectivity index (χ1n) is 5.69. The molecule has 0 aromatic rings. The number of hydrogen-bond acceptors (Lipinski definition) is 2. The highest BCUT2D eigenvalue weighted by atomic mass is 127. The second kappa shape index (κ2) is 10.6. The largest absolute Gasteiger partial charge is 0.357 e. The smallest absolute Gasteiger partial charge is 0.243 e. The van der Waals surface area contributed by atoms with Crippen LogP contribution < -0.4 is 10.6 Å². The molecule has 2 N–H and O–H groups in total. The van der Waals surface area contributed by atoms with Crippen LogP contribution in [0.15, 0.2) is 4.99 Å². The van der Waals surface area contributed by atoms with Gasteiger partial charge < -0.3 is 15.5 Å². The molecule has 0 aromatic heterocycles. The van der Waals surface area contributed by atoms with E-state index in [0.29, 0.717) is 11.9 Å². The fourth-order valence-electron chi connectivity index (χ4n) is 0.931. The van der Waals surface area contributed by atoms with Crippen LogP contribution in [0.25, 0.3) is 0 Å². The van der Waals surface area contributed by atoms with Crippen LogP contribution in [0.4, 0.5) is 0 Å². The number of guanidine groups is 1. The van der Waals surface area contributed by atoms with E-state index >= 15 is 0 Å². The minimum absolute atomic E-state index is 0. The number of hydrogen-bond donors (Lipinski definition) is 2. The molecule has 0 rings (SSSR count). The molecule has 0 heterocycles. The van der Waals surface area contributed by atoms with E-state index in [1.165, 1.54) is 4.90 Å². The number of rotatable bonds is 5. The average Bonchev–Trinajstić information content (AvgIpc) is 2.21. The van der Waals surface area contributed by atoms with Crippen LogP contribution in [0, 0.1) is 5.92 Å². The van der Waals surface area contributed by atoms with Crippen molar-refractivity contribution in [2.45, 2.75) is 20.8 Å². The van der Waals surface area contributed by atoms with Crippen LogP contribution in [0.3, 0.4) is 0 Å². The molecule has 1 amide bonds. The molecular weight excluding hydrogens is 331 g/mol. The van der Waals surface area contributed by atoms with Gasteiger partial charge in [-0.15, -0.1) is 24.0 Å². The highest BCUT2D eigenvalue weighted by Crippen LogP contribution is 1.87. The number of likely N-dealkylation sites (N-methyl/N-ethyl adjacent to an activating group) is 1. The molecule has 0 saturated heterocycles. The van der Waals surface area contributed by atoms with Crippen molar-refractivity contribution in [2.75, 3.05) is 33.7 Å². The number of nitrogens with zero attached hydrogens (tertiary/aromatic N) is 2. The van der Waals surface area contributed by atoms with Gasteiger partial charge in [-0.2, -0.15) is 0 Å². The summed E-state index contributed by atoms with van der Waals surface area (Å²) in [6, 6.07) is 0. The van der Waals surface area contributed by atoms with E-state index in [9.17, 15) is 4.79 Å². The third-order valence-corrected chi connectivity index (χ3v) is 1.89. The molecule has 0 spiro atoms. The molecular formula is C11H25IN4O. The van der Waals surface area contributed by atoms with Crippen molar-refractivity contribution in [2.24, 2.45) is 10.9 Å². The van der Waals surface area contributed by atoms with E-state index in [1.54, 1.807) is 14.1 Å². The first-order chi connectivity index (χ1) is 7.47. The number of amides is 1. The van der Waals surface area contributed by atoms with Crippen molar-refractivity contribution < 1.29 is 4.79 Å². The molecule has 6 heteroatoms. The Hall–Kier alpha value is -0.530. The molecule has 102 valence electrons. The monoisotopic (exact) mass is 356 g/mol. The summed E-state index contributed by atoms with van der Waals surface area (Å²) in [5, 5.41) is 6.28. The van der Waals surface area contributed by atoms with E-state index < -0.39 is 0 Å². The lowest BCUT2D eigenvalue weighted by atomic mass is 10.2. The Morgan fingerprint density at radius 3 is 2.29 bits per heavy atom. The maximum absolute atomic E-state index is 11.4. The number of nitrogens with one attached hydrogen (secondary N) is 2. The third kappa shape index (κ3) is 10.3. The van der Waals surface area contributed by atoms with Gasteiger partial charge in [-0.1, -0.05) is 13.8 Å². The Morgan fingerprint density at radius 2 is 1.88 bits per heavy atom. The summed E-state index contributed by atoms with van der Waals surface area (Å²) in [6.45, 7) is 8.08. The van der Waals surface area contributed by atoms with Gasteiger partial charge in [0.15, 0.2) is 5.96 Å². The van der Waals surface area contributed by atoms with Crippen LogP contribution >= 0.6 is 24.0 Å². The van der Waals surface area contributed by atoms with Gasteiger partial charge in [0.1, 0.15) is 6.54 Å². The predicted octanol–water partition coefficient (Wildman–Crippen LogP) is 0.904. The molecule has 0 aromatic carbocycles. The maximum atomic E-state index is 11.4. The summed E-state index contributed by atoms with van der Waals surface area (Å²) in [5.74, 6) is 1.25. The molecule has 0 bridgehead atoms. The molecule has 0 aliphatic rings. The SMILES string of the molecule is CCNC(=NCC(=O)N(C)C)NCC(C)C.I. The Balaban J connectivity index is 0. The van der Waals surface area contributed by atoms with E-state index in [1.807, 2.05) is 6.92 Å². The lowest BCUT2D eigenvalue weighted by Gasteiger charge is -2.13. The van der Waals surface area contributed by atoms with Crippen LogP contribution in [0.5, 0.6) is 0 Å². The number of carbonyl (C=O) groups excluding carboxylic acids is 1. The van der Waals surface area contributed by atoms with Gasteiger partial charge >= 0.3 is 0 Å². The summed E-state index contributed by atoms with van der Waals surface area (Å²) in [5.41, 5.74) is 0. The molecule has 0 aliphatic carbocycles. The van der Waals surface area contributed by atoms with Gasteiger partial charge in [0.05, 0.1) is 0 Å². The highest BCUT2D eigenvalue weighted by Gasteiger charge is 2.04. The molecule has 0 fully saturated rings. The van der Waals surface area contributed by atoms with Gasteiger partial charge in [0, 0.05) is 27.2 Å². The minimum atomic E-state index is 0. The van der Waals surface area contributed by atoms with Crippen molar-refractivity contribution in [1.82, 2.24) is 15.5 Å². The van der Waals surface area contributed by atoms with Gasteiger partial charge in [0.2, 0.25) is 5.91 Å². The van der Waals surface area contributed by atoms with Crippen molar-refractivity contribution >= 4 is 35.8 Å². The van der Waals surface area contributed by atoms with Crippen LogP contribution in [0.2, 0.25) is 0 Å². The zero-order chi connectivity index (χ0) is 12.6. The summed E-state index contributed by atoms with van der Waals surface area (Å²) >= 11 is 0. The standard InChI is InChI=1S/C11H24N4O.HI/c1-6-12-11(13-7-9(2)3)14-8-10(16)15(4)5;/h9H,6-8H2,1-5H3,(H2,12,13,14);1H. The van der Waals surface area contributed by atoms with Crippen LogP contribution in [-0.2, 0) is 4.79 Å². The Labute approximate surface area is 121 Å². The highest BCUT2D eigenvalue weighted by molar-refractivity contribution is 14.0. The molecule has 17 heavy (non-hydrogen) atoms. The zero-order valence-corrected chi connectivity index (χ0v) is 13.7. The van der Waals surface area contributed by atoms with Crippen LogP contribution in [0.1, 0.15) is 20.8 Å². The van der Waals surface area contributed by atoms with Gasteiger partial charge in [-0.3, -0.25) is 4.79 Å². The van der Waals surface area contributed by atoms with Crippen molar-refractivity contribution in [1.29, 1.82) is 0 Å². The van der Waals surface area contributed by atoms with E-state index in [4.69, 9.17) is 0 Å². The van der Waals surface area contributed by atoms with E-state index in [-0.39, 0.29) is 36.4 Å². The van der Waals surface area contributed by atoms with Gasteiger partial charge in [-0.05, 0) is 12.8 Å². The normalized spacial score (nSPS) is 10.8. The lowest BCUT2D eigenvalue weighted by molar-refractivity contribution is -0.127. The van der Waals surface area contributed by atoms with Crippen molar-refractivity contribution in [3.05, 3.63) is 0 Å². The quantitative estimate of drug-likeness (QED) is 0.437. The van der Waals surface area contributed by atoms with Gasteiger partial charge in [0.25, 0.3) is 0 Å². The Kier molecular flexibility index (Phi) is 11.8. The molecule has 0 atom stereocenters. The third-order valence-electron chi connectivity index (χ3n) is 1.89. The molecule has 0 unspecified atom stereocenters. The number of carbonyl (C=O) groups is 1. The summed E-state index contributed by atoms with van der Waals surface area (Å²) in [7, 11) is 3.46. The second-order valence-electron chi connectivity index (χ2n) is 4.26. The Morgan fingerprint density at radius 1 is 1.29 bits per heavy atom. The predicted molar refractivity (Wildman–Crippen MR) is 82.9 cm³/mol. The van der Waals surface area contributed by atoms with E-state index in [2.05, 4.69) is 29.5 Å². The first kappa shape index (κ1) is 18.8. The van der Waals surface area contributed by atoms with Crippen molar-refractivity contribution in [3.8, 4) is 0 Å². The maximum Gasteiger partial charge on any atom is 0.243 e. The summed E-state index contributed by atoms with van der Waals surface area (Å²) in [4.78, 5) is 17.1. The Bertz CT molecular complexity index is 242. The summed E-state index contributed by atoms with van der Waals surface area (Å²) < 4.78 is 0. The second-order valence-corrected chi connectivity index (χ2v) is 4.26. The molecule has 5 nitrogen and oxygen atoms in total.